The molecule has 1 nitrogen and oxygen atoms in total. The maximum absolute atomic E-state index is 2.63. The van der Waals surface area contributed by atoms with Crippen molar-refractivity contribution in [2.75, 3.05) is 4.90 Å². The van der Waals surface area contributed by atoms with Crippen LogP contribution in [0, 0.1) is 17.8 Å². The van der Waals surface area contributed by atoms with E-state index in [0.29, 0.717) is 0 Å². The van der Waals surface area contributed by atoms with Gasteiger partial charge in [0.05, 0.1) is 0 Å². The van der Waals surface area contributed by atoms with Gasteiger partial charge in [-0.15, -0.1) is 0 Å². The second kappa shape index (κ2) is 11.4. The van der Waals surface area contributed by atoms with E-state index in [2.05, 4.69) is 140 Å². The Kier molecular flexibility index (Phi) is 6.81. The third-order valence-corrected chi connectivity index (χ3v) is 14.4. The van der Waals surface area contributed by atoms with Gasteiger partial charge < -0.3 is 4.90 Å². The average Bonchev–Trinajstić information content (AvgIpc) is 3.40. The van der Waals surface area contributed by atoms with Gasteiger partial charge in [-0.2, -0.15) is 0 Å². The molecule has 6 aliphatic rings. The molecule has 6 aliphatic carbocycles. The quantitative estimate of drug-likeness (QED) is 0.176. The van der Waals surface area contributed by atoms with Gasteiger partial charge in [0.15, 0.2) is 0 Å². The van der Waals surface area contributed by atoms with Gasteiger partial charge in [0.25, 0.3) is 0 Å². The molecule has 0 radical (unpaired) electrons. The van der Waals surface area contributed by atoms with Crippen molar-refractivity contribution in [1.82, 2.24) is 0 Å². The maximum atomic E-state index is 2.63. The largest absolute Gasteiger partial charge is 0.310 e. The van der Waals surface area contributed by atoms with Gasteiger partial charge in [-0.3, -0.25) is 0 Å². The second-order valence-corrected chi connectivity index (χ2v) is 17.8. The summed E-state index contributed by atoms with van der Waals surface area (Å²) < 4.78 is 0. The Morgan fingerprint density at radius 2 is 1.27 bits per heavy atom. The summed E-state index contributed by atoms with van der Waals surface area (Å²) in [6.45, 7) is 4.86. The molecule has 0 heterocycles. The third-order valence-electron chi connectivity index (χ3n) is 14.4. The fourth-order valence-electron chi connectivity index (χ4n) is 12.5. The Morgan fingerprint density at radius 3 is 2.08 bits per heavy atom. The van der Waals surface area contributed by atoms with Crippen LogP contribution in [0.5, 0.6) is 0 Å². The zero-order valence-electron chi connectivity index (χ0n) is 30.8. The van der Waals surface area contributed by atoms with Crippen LogP contribution in [0.3, 0.4) is 0 Å². The highest BCUT2D eigenvalue weighted by Crippen LogP contribution is 2.62. The molecule has 0 saturated heterocycles. The highest BCUT2D eigenvalue weighted by atomic mass is 15.1. The van der Waals surface area contributed by atoms with Gasteiger partial charge in [-0.1, -0.05) is 105 Å². The molecular weight excluding hydrogens is 627 g/mol. The van der Waals surface area contributed by atoms with Crippen molar-refractivity contribution >= 4 is 27.8 Å². The number of fused-ring (bicyclic) bond motifs is 6. The zero-order chi connectivity index (χ0) is 34.6. The summed E-state index contributed by atoms with van der Waals surface area (Å²) in [5.41, 5.74) is 17.3. The first kappa shape index (κ1) is 31.0. The highest BCUT2D eigenvalue weighted by Gasteiger charge is 2.52. The van der Waals surface area contributed by atoms with E-state index in [4.69, 9.17) is 0 Å². The van der Waals surface area contributed by atoms with Gasteiger partial charge in [-0.05, 0) is 179 Å². The molecule has 0 atom stereocenters. The molecule has 6 aromatic carbocycles. The predicted octanol–water partition coefficient (Wildman–Crippen LogP) is 13.6. The molecule has 0 unspecified atom stereocenters. The summed E-state index contributed by atoms with van der Waals surface area (Å²) in [6.07, 6.45) is 13.5. The fourth-order valence-corrected chi connectivity index (χ4v) is 12.5. The number of rotatable bonds is 5. The van der Waals surface area contributed by atoms with E-state index in [1.165, 1.54) is 125 Å². The van der Waals surface area contributed by atoms with Crippen molar-refractivity contribution in [3.8, 4) is 22.3 Å². The number of hydrogen-bond donors (Lipinski definition) is 0. The number of hydrogen-bond acceptors (Lipinski definition) is 1. The van der Waals surface area contributed by atoms with Crippen LogP contribution in [0.25, 0.3) is 33.0 Å². The van der Waals surface area contributed by atoms with Crippen LogP contribution in [-0.4, -0.2) is 0 Å². The second-order valence-electron chi connectivity index (χ2n) is 17.8. The smallest absolute Gasteiger partial charge is 0.0499 e. The van der Waals surface area contributed by atoms with Crippen molar-refractivity contribution < 1.29 is 0 Å². The summed E-state index contributed by atoms with van der Waals surface area (Å²) in [6, 6.07) is 47.2. The molecule has 0 amide bonds. The fraction of sp³-hybridized carbons (Fsp3) is 0.333. The van der Waals surface area contributed by atoms with Crippen molar-refractivity contribution in [2.45, 2.75) is 88.9 Å². The Labute approximate surface area is 309 Å². The number of nitrogens with zero attached hydrogens (tertiary/aromatic N) is 1. The highest BCUT2D eigenvalue weighted by molar-refractivity contribution is 6.03. The predicted molar refractivity (Wildman–Crippen MR) is 218 cm³/mol. The summed E-state index contributed by atoms with van der Waals surface area (Å²) in [4.78, 5) is 2.63. The van der Waals surface area contributed by atoms with Crippen LogP contribution in [0.2, 0.25) is 0 Å². The summed E-state index contributed by atoms with van der Waals surface area (Å²) in [5.74, 6) is 2.70. The number of aryl methyl sites for hydroxylation is 1. The molecule has 0 spiro atoms. The van der Waals surface area contributed by atoms with E-state index in [-0.39, 0.29) is 10.8 Å². The summed E-state index contributed by atoms with van der Waals surface area (Å²) in [7, 11) is 0. The van der Waals surface area contributed by atoms with Crippen LogP contribution >= 0.6 is 0 Å². The van der Waals surface area contributed by atoms with Crippen LogP contribution in [0.1, 0.15) is 93.0 Å². The molecule has 4 saturated carbocycles. The Bertz CT molecular complexity index is 2340. The SMILES string of the molecule is CC1(C)c2cc(N(c3ccc(-c4cccc5c4CCCC5)cc3)c3ccccc3C34CC5CC(CC(C5)C3)C4)ccc2-c2c1ccc1ccccc21. The Balaban J connectivity index is 1.08. The number of anilines is 3. The van der Waals surface area contributed by atoms with Crippen molar-refractivity contribution in [3.05, 3.63) is 149 Å². The monoisotopic (exact) mass is 675 g/mol. The molecule has 0 aromatic heterocycles. The van der Waals surface area contributed by atoms with E-state index < -0.39 is 0 Å². The molecule has 1 heteroatoms. The zero-order valence-corrected chi connectivity index (χ0v) is 30.8. The first-order valence-electron chi connectivity index (χ1n) is 20.2. The molecule has 258 valence electrons. The van der Waals surface area contributed by atoms with Crippen LogP contribution in [0.15, 0.2) is 121 Å². The minimum Gasteiger partial charge on any atom is -0.310 e. The van der Waals surface area contributed by atoms with Gasteiger partial charge in [0.1, 0.15) is 0 Å². The van der Waals surface area contributed by atoms with Crippen LogP contribution in [-0.2, 0) is 23.7 Å². The standard InChI is InChI=1S/C51H49N/c1-50(2)46-25-20-37-11-4-6-14-43(37)49(46)44-24-23-40(29-47(44)50)52(39-21-18-38(19-22-39)42-15-9-12-36-10-3-5-13-41(36)42)48-17-8-7-16-45(48)51-30-33-26-34(31-51)28-35(27-33)32-51/h4,6-9,11-12,14-25,29,33-35H,3,5,10,13,26-28,30-32H2,1-2H3. The van der Waals surface area contributed by atoms with E-state index in [1.54, 1.807) is 16.7 Å². The molecule has 12 rings (SSSR count). The molecule has 4 fully saturated rings. The Hall–Kier alpha value is -4.62. The molecule has 0 N–H and O–H groups in total. The first-order chi connectivity index (χ1) is 25.4. The van der Waals surface area contributed by atoms with Gasteiger partial charge in [0.2, 0.25) is 0 Å². The lowest BCUT2D eigenvalue weighted by Gasteiger charge is -2.57. The third kappa shape index (κ3) is 4.60. The molecule has 6 aromatic rings. The normalized spacial score (nSPS) is 24.8. The minimum atomic E-state index is -0.0912. The lowest BCUT2D eigenvalue weighted by Crippen LogP contribution is -2.48. The van der Waals surface area contributed by atoms with E-state index >= 15 is 0 Å². The molecule has 0 aliphatic heterocycles. The molecule has 52 heavy (non-hydrogen) atoms. The Morgan fingerprint density at radius 1 is 0.558 bits per heavy atom. The van der Waals surface area contributed by atoms with Gasteiger partial charge in [0, 0.05) is 22.5 Å². The number of para-hydroxylation sites is 1. The first-order valence-corrected chi connectivity index (χ1v) is 20.2. The van der Waals surface area contributed by atoms with Crippen molar-refractivity contribution in [2.24, 2.45) is 17.8 Å². The summed E-state index contributed by atoms with van der Waals surface area (Å²) >= 11 is 0. The van der Waals surface area contributed by atoms with Crippen molar-refractivity contribution in [1.29, 1.82) is 0 Å². The van der Waals surface area contributed by atoms with Crippen molar-refractivity contribution in [3.63, 3.8) is 0 Å². The van der Waals surface area contributed by atoms with Crippen LogP contribution in [0.4, 0.5) is 17.1 Å². The molecular formula is C51H49N. The van der Waals surface area contributed by atoms with Gasteiger partial charge in [-0.25, -0.2) is 0 Å². The van der Waals surface area contributed by atoms with Crippen LogP contribution < -0.4 is 4.90 Å². The maximum Gasteiger partial charge on any atom is 0.0499 e. The van der Waals surface area contributed by atoms with Gasteiger partial charge >= 0.3 is 0 Å². The number of benzene rings is 6. The lowest BCUT2D eigenvalue weighted by atomic mass is 9.48. The topological polar surface area (TPSA) is 3.24 Å². The van der Waals surface area contributed by atoms with E-state index in [1.807, 2.05) is 0 Å². The van der Waals surface area contributed by atoms with E-state index in [0.717, 1.165) is 17.8 Å². The average molecular weight is 676 g/mol. The lowest BCUT2D eigenvalue weighted by molar-refractivity contribution is -0.00491. The van der Waals surface area contributed by atoms with E-state index in [9.17, 15) is 0 Å². The molecule has 4 bridgehead atoms. The summed E-state index contributed by atoms with van der Waals surface area (Å²) in [5, 5.41) is 2.68. The minimum absolute atomic E-state index is 0.0912.